The summed E-state index contributed by atoms with van der Waals surface area (Å²) in [6, 6.07) is 19.0. The SMILES string of the molecule is C[C@@H]1C(=O)NN=C2COc3cc(-c4cccc5ccccc45)c(NC4CNC4)cc3N21. The van der Waals surface area contributed by atoms with E-state index in [1.807, 2.05) is 11.8 Å². The Kier molecular flexibility index (Phi) is 4.11. The molecule has 3 aliphatic heterocycles. The second-order valence-electron chi connectivity index (χ2n) is 8.23. The first kappa shape index (κ1) is 18.2. The smallest absolute Gasteiger partial charge is 0.262 e. The number of anilines is 2. The van der Waals surface area contributed by atoms with E-state index < -0.39 is 0 Å². The Bertz CT molecular complexity index is 1230. The lowest BCUT2D eigenvalue weighted by atomic mass is 9.95. The molecule has 156 valence electrons. The fourth-order valence-electron chi connectivity index (χ4n) is 4.48. The number of hydrogen-bond donors (Lipinski definition) is 3. The predicted octanol–water partition coefficient (Wildman–Crippen LogP) is 2.92. The zero-order chi connectivity index (χ0) is 20.9. The summed E-state index contributed by atoms with van der Waals surface area (Å²) in [5, 5.41) is 13.6. The van der Waals surface area contributed by atoms with Gasteiger partial charge in [0.2, 0.25) is 0 Å². The molecule has 0 bridgehead atoms. The summed E-state index contributed by atoms with van der Waals surface area (Å²) in [5.41, 5.74) is 6.74. The summed E-state index contributed by atoms with van der Waals surface area (Å²) in [6.07, 6.45) is 0. The van der Waals surface area contributed by atoms with Gasteiger partial charge >= 0.3 is 0 Å². The van der Waals surface area contributed by atoms with Crippen LogP contribution in [-0.2, 0) is 4.79 Å². The standard InChI is InChI=1S/C24H23N5O2/c1-14-24(30)28-27-23-13-31-22-9-19(18-8-4-6-15-5-2-3-7-17(15)18)20(10-21(22)29(14)23)26-16-11-25-12-16/h2-10,14,16,25-26H,11-13H2,1H3,(H,28,30)/t14-/m1/s1. The number of benzene rings is 3. The molecule has 0 aliphatic carbocycles. The van der Waals surface area contributed by atoms with Crippen LogP contribution in [0, 0.1) is 0 Å². The average Bonchev–Trinajstić information content (AvgIpc) is 2.77. The van der Waals surface area contributed by atoms with Crippen LogP contribution in [0.15, 0.2) is 59.7 Å². The van der Waals surface area contributed by atoms with E-state index in [1.54, 1.807) is 0 Å². The van der Waals surface area contributed by atoms with E-state index in [9.17, 15) is 4.79 Å². The van der Waals surface area contributed by atoms with Gasteiger partial charge in [0.15, 0.2) is 5.84 Å². The van der Waals surface area contributed by atoms with Gasteiger partial charge in [0.05, 0.1) is 11.7 Å². The Morgan fingerprint density at radius 1 is 1.10 bits per heavy atom. The maximum atomic E-state index is 12.3. The molecule has 0 aromatic heterocycles. The number of nitrogens with zero attached hydrogens (tertiary/aromatic N) is 2. The predicted molar refractivity (Wildman–Crippen MR) is 123 cm³/mol. The van der Waals surface area contributed by atoms with Crippen LogP contribution in [0.25, 0.3) is 21.9 Å². The Morgan fingerprint density at radius 2 is 1.94 bits per heavy atom. The van der Waals surface area contributed by atoms with E-state index in [2.05, 4.69) is 75.8 Å². The third-order valence-electron chi connectivity index (χ3n) is 6.28. The summed E-state index contributed by atoms with van der Waals surface area (Å²) >= 11 is 0. The van der Waals surface area contributed by atoms with Gasteiger partial charge in [-0.3, -0.25) is 4.79 Å². The number of amides is 1. The molecule has 3 heterocycles. The molecule has 0 spiro atoms. The van der Waals surface area contributed by atoms with Crippen LogP contribution in [0.2, 0.25) is 0 Å². The van der Waals surface area contributed by atoms with E-state index in [-0.39, 0.29) is 11.9 Å². The molecule has 0 radical (unpaired) electrons. The quantitative estimate of drug-likeness (QED) is 0.616. The van der Waals surface area contributed by atoms with Crippen molar-refractivity contribution in [3.8, 4) is 16.9 Å². The van der Waals surface area contributed by atoms with Gasteiger partial charge in [0.1, 0.15) is 18.4 Å². The zero-order valence-corrected chi connectivity index (χ0v) is 17.2. The molecule has 6 rings (SSSR count). The van der Waals surface area contributed by atoms with Gasteiger partial charge in [0, 0.05) is 24.3 Å². The molecule has 3 aromatic rings. The summed E-state index contributed by atoms with van der Waals surface area (Å²) in [4.78, 5) is 14.3. The highest BCUT2D eigenvalue weighted by atomic mass is 16.5. The third kappa shape index (κ3) is 2.92. The van der Waals surface area contributed by atoms with E-state index in [1.165, 1.54) is 10.8 Å². The van der Waals surface area contributed by atoms with Crippen LogP contribution in [0.5, 0.6) is 5.75 Å². The Hall–Kier alpha value is -3.58. The summed E-state index contributed by atoms with van der Waals surface area (Å²) < 4.78 is 6.09. The van der Waals surface area contributed by atoms with E-state index in [0.717, 1.165) is 41.3 Å². The van der Waals surface area contributed by atoms with Gasteiger partial charge in [-0.1, -0.05) is 42.5 Å². The molecule has 3 aliphatic rings. The van der Waals surface area contributed by atoms with Crippen LogP contribution < -0.4 is 25.7 Å². The molecule has 1 fully saturated rings. The zero-order valence-electron chi connectivity index (χ0n) is 17.2. The molecule has 1 saturated heterocycles. The lowest BCUT2D eigenvalue weighted by Gasteiger charge is -2.39. The number of ether oxygens (including phenoxy) is 1. The van der Waals surface area contributed by atoms with Crippen molar-refractivity contribution in [3.05, 3.63) is 54.6 Å². The van der Waals surface area contributed by atoms with E-state index in [4.69, 9.17) is 4.74 Å². The van der Waals surface area contributed by atoms with Gasteiger partial charge in [-0.2, -0.15) is 5.10 Å². The average molecular weight is 413 g/mol. The molecule has 3 aromatic carbocycles. The Labute approximate surface area is 180 Å². The number of hydrogen-bond acceptors (Lipinski definition) is 6. The van der Waals surface area contributed by atoms with Crippen molar-refractivity contribution in [1.82, 2.24) is 10.7 Å². The van der Waals surface area contributed by atoms with Crippen molar-refractivity contribution in [2.24, 2.45) is 5.10 Å². The van der Waals surface area contributed by atoms with Gasteiger partial charge in [-0.05, 0) is 35.4 Å². The number of carbonyl (C=O) groups excluding carboxylic acids is 1. The lowest BCUT2D eigenvalue weighted by molar-refractivity contribution is -0.122. The first-order chi connectivity index (χ1) is 15.2. The number of hydrazone groups is 1. The molecule has 7 nitrogen and oxygen atoms in total. The second-order valence-corrected chi connectivity index (χ2v) is 8.23. The number of fused-ring (bicyclic) bond motifs is 4. The highest BCUT2D eigenvalue weighted by Gasteiger charge is 2.36. The normalized spacial score (nSPS) is 20.2. The van der Waals surface area contributed by atoms with Crippen LogP contribution in [-0.4, -0.2) is 43.5 Å². The van der Waals surface area contributed by atoms with Crippen molar-refractivity contribution >= 4 is 33.9 Å². The highest BCUT2D eigenvalue weighted by molar-refractivity contribution is 6.10. The fourth-order valence-corrected chi connectivity index (χ4v) is 4.48. The minimum Gasteiger partial charge on any atom is -0.483 e. The van der Waals surface area contributed by atoms with Crippen LogP contribution >= 0.6 is 0 Å². The fraction of sp³-hybridized carbons (Fsp3) is 0.250. The molecule has 31 heavy (non-hydrogen) atoms. The molecule has 3 N–H and O–H groups in total. The van der Waals surface area contributed by atoms with Gasteiger partial charge in [-0.15, -0.1) is 0 Å². The van der Waals surface area contributed by atoms with Gasteiger partial charge in [0.25, 0.3) is 5.91 Å². The molecule has 0 saturated carbocycles. The Balaban J connectivity index is 1.54. The molecular formula is C24H23N5O2. The number of rotatable bonds is 3. The topological polar surface area (TPSA) is 78.0 Å². The molecule has 1 amide bonds. The molecule has 1 atom stereocenters. The van der Waals surface area contributed by atoms with Crippen LogP contribution in [0.3, 0.4) is 0 Å². The largest absolute Gasteiger partial charge is 0.483 e. The summed E-state index contributed by atoms with van der Waals surface area (Å²) in [6.45, 7) is 4.07. The Morgan fingerprint density at radius 3 is 2.77 bits per heavy atom. The molecular weight excluding hydrogens is 390 g/mol. The maximum absolute atomic E-state index is 12.3. The van der Waals surface area contributed by atoms with Crippen molar-refractivity contribution in [3.63, 3.8) is 0 Å². The summed E-state index contributed by atoms with van der Waals surface area (Å²) in [5.74, 6) is 1.36. The number of carbonyl (C=O) groups is 1. The second kappa shape index (κ2) is 6.99. The first-order valence-corrected chi connectivity index (χ1v) is 10.6. The molecule has 0 unspecified atom stereocenters. The van der Waals surface area contributed by atoms with Crippen LogP contribution in [0.4, 0.5) is 11.4 Å². The summed E-state index contributed by atoms with van der Waals surface area (Å²) in [7, 11) is 0. The van der Waals surface area contributed by atoms with E-state index in [0.29, 0.717) is 18.5 Å². The number of nitrogens with one attached hydrogen (secondary N) is 3. The first-order valence-electron chi connectivity index (χ1n) is 10.6. The third-order valence-corrected chi connectivity index (χ3v) is 6.28. The van der Waals surface area contributed by atoms with Crippen LogP contribution in [0.1, 0.15) is 6.92 Å². The lowest BCUT2D eigenvalue weighted by Crippen LogP contribution is -2.55. The van der Waals surface area contributed by atoms with Crippen molar-refractivity contribution in [2.75, 3.05) is 29.9 Å². The minimum atomic E-state index is -0.350. The molecule has 7 heteroatoms. The van der Waals surface area contributed by atoms with Gasteiger partial charge in [-0.25, -0.2) is 5.43 Å². The van der Waals surface area contributed by atoms with Crippen molar-refractivity contribution in [2.45, 2.75) is 19.0 Å². The van der Waals surface area contributed by atoms with Gasteiger partial charge < -0.3 is 20.3 Å². The van der Waals surface area contributed by atoms with Crippen molar-refractivity contribution < 1.29 is 9.53 Å². The van der Waals surface area contributed by atoms with Crippen molar-refractivity contribution in [1.29, 1.82) is 0 Å². The highest BCUT2D eigenvalue weighted by Crippen LogP contribution is 2.44. The number of amidine groups is 1. The minimum absolute atomic E-state index is 0.118. The monoisotopic (exact) mass is 413 g/mol. The van der Waals surface area contributed by atoms with E-state index >= 15 is 0 Å². The maximum Gasteiger partial charge on any atom is 0.262 e.